The normalized spacial score (nSPS) is 33.7. The minimum absolute atomic E-state index is 0.0757. The van der Waals surface area contributed by atoms with Crippen LogP contribution in [0.3, 0.4) is 0 Å². The highest BCUT2D eigenvalue weighted by Gasteiger charge is 2.49. The molecular formula is C38H47O24+. The van der Waals surface area contributed by atoms with Crippen LogP contribution in [0.1, 0.15) is 13.3 Å². The molecule has 3 fully saturated rings. The minimum Gasteiger partial charge on any atom is -0.507 e. The lowest BCUT2D eigenvalue weighted by Gasteiger charge is -2.42. The number of benzene rings is 2. The van der Waals surface area contributed by atoms with E-state index in [-0.39, 0.29) is 45.3 Å². The van der Waals surface area contributed by atoms with Crippen LogP contribution in [0.15, 0.2) is 34.7 Å². The second-order valence-electron chi connectivity index (χ2n) is 14.6. The molecule has 342 valence electrons. The van der Waals surface area contributed by atoms with Crippen molar-refractivity contribution in [1.29, 1.82) is 0 Å². The van der Waals surface area contributed by atoms with Crippen molar-refractivity contribution < 1.29 is 118 Å². The van der Waals surface area contributed by atoms with Gasteiger partial charge in [-0.3, -0.25) is 9.59 Å². The zero-order valence-electron chi connectivity index (χ0n) is 32.9. The minimum atomic E-state index is -1.99. The van der Waals surface area contributed by atoms with Crippen LogP contribution >= 0.6 is 0 Å². The van der Waals surface area contributed by atoms with Gasteiger partial charge in [-0.2, -0.15) is 0 Å². The molecule has 24 heteroatoms. The number of phenols is 2. The number of aliphatic hydroxyl groups is 9. The summed E-state index contributed by atoms with van der Waals surface area (Å²) in [6.45, 7) is 0.00316. The molecular weight excluding hydrogens is 840 g/mol. The molecule has 0 aliphatic carbocycles. The Morgan fingerprint density at radius 1 is 0.629 bits per heavy atom. The third kappa shape index (κ3) is 9.66. The van der Waals surface area contributed by atoms with Gasteiger partial charge in [-0.1, -0.05) is 0 Å². The van der Waals surface area contributed by atoms with Crippen LogP contribution in [0.2, 0.25) is 0 Å². The zero-order chi connectivity index (χ0) is 45.3. The van der Waals surface area contributed by atoms with Crippen molar-refractivity contribution in [2.75, 3.05) is 27.4 Å². The molecule has 3 aliphatic rings. The number of aromatic hydroxyl groups is 2. The molecule has 1 aromatic heterocycles. The van der Waals surface area contributed by atoms with Gasteiger partial charge in [-0.25, -0.2) is 4.42 Å². The lowest BCUT2D eigenvalue weighted by atomic mass is 9.98. The highest BCUT2D eigenvalue weighted by Crippen LogP contribution is 2.46. The molecule has 62 heavy (non-hydrogen) atoms. The molecule has 2 aromatic carbocycles. The standard InChI is InChI=1S/C38H46O24/c1-12-25(43)29(47)32(50)36(57-12)56-11-22-28(46)31(49)34(52)38(62-22)60-20-8-15-16(58-35(20)13-4-18(53-2)26(44)19(5-13)54-3)6-14(39)7-17(15)59-37-33(51)30(48)27(45)21(61-37)10-55-24(42)9-23(40)41/h4-8,12,21-22,25,27-34,36-38,43,45-52H,9-11H2,1-3H3,(H2-,39,40,41,44)/p+1/t12?,21?,22-,25+,27-,28-,29?,30+,31?,32+,33?,34?,36-,37-,38-/m1/s1. The number of fused-ring (bicyclic) bond motifs is 1. The molecule has 24 nitrogen and oxygen atoms in total. The molecule has 3 aliphatic heterocycles. The molecule has 0 spiro atoms. The van der Waals surface area contributed by atoms with Gasteiger partial charge >= 0.3 is 23.3 Å². The van der Waals surface area contributed by atoms with Crippen molar-refractivity contribution >= 4 is 22.9 Å². The van der Waals surface area contributed by atoms with Crippen LogP contribution in [0.4, 0.5) is 0 Å². The Morgan fingerprint density at radius 3 is 1.73 bits per heavy atom. The van der Waals surface area contributed by atoms with Crippen molar-refractivity contribution in [3.05, 3.63) is 30.3 Å². The van der Waals surface area contributed by atoms with Crippen LogP contribution in [0.5, 0.6) is 34.5 Å². The molecule has 3 saturated heterocycles. The smallest absolute Gasteiger partial charge is 0.402 e. The lowest BCUT2D eigenvalue weighted by Crippen LogP contribution is -2.61. The number of carbonyl (C=O) groups is 2. The number of aliphatic hydroxyl groups excluding tert-OH is 9. The molecule has 6 unspecified atom stereocenters. The summed E-state index contributed by atoms with van der Waals surface area (Å²) in [5.74, 6) is -4.72. The predicted octanol–water partition coefficient (Wildman–Crippen LogP) is -2.96. The van der Waals surface area contributed by atoms with E-state index in [9.17, 15) is 65.8 Å². The Kier molecular flexibility index (Phi) is 14.4. The highest BCUT2D eigenvalue weighted by molar-refractivity contribution is 5.90. The van der Waals surface area contributed by atoms with E-state index in [0.29, 0.717) is 0 Å². The third-order valence-electron chi connectivity index (χ3n) is 10.3. The second kappa shape index (κ2) is 19.2. The number of aliphatic carboxylic acids is 1. The predicted molar refractivity (Wildman–Crippen MR) is 199 cm³/mol. The fourth-order valence-electron chi connectivity index (χ4n) is 6.83. The molecule has 0 bridgehead atoms. The van der Waals surface area contributed by atoms with E-state index in [1.165, 1.54) is 39.3 Å². The number of methoxy groups -OCH3 is 2. The van der Waals surface area contributed by atoms with Crippen LogP contribution in [-0.2, 0) is 33.3 Å². The molecule has 3 aromatic rings. The zero-order valence-corrected chi connectivity index (χ0v) is 32.9. The first-order chi connectivity index (χ1) is 29.3. The summed E-state index contributed by atoms with van der Waals surface area (Å²) in [4.78, 5) is 22.8. The van der Waals surface area contributed by atoms with Crippen molar-refractivity contribution in [2.24, 2.45) is 0 Å². The van der Waals surface area contributed by atoms with Crippen molar-refractivity contribution in [1.82, 2.24) is 0 Å². The Morgan fingerprint density at radius 2 is 1.16 bits per heavy atom. The van der Waals surface area contributed by atoms with Gasteiger partial charge in [0.05, 0.1) is 38.6 Å². The SMILES string of the molecule is COc1cc(-c2[o+]c3cc(O)cc(O[C@@H]4OC(COC(=O)CC(=O)O)[C@@H](O)[C@H](O)C4O)c3cc2O[C@@H]2O[C@H](CO[C@@H]3OC(C)[C@H](O)C(O)[C@@H]3O)[C@@H](O)C(O)C2O)cc(OC)c1O. The molecule has 12 N–H and O–H groups in total. The van der Waals surface area contributed by atoms with Crippen LogP contribution in [0.25, 0.3) is 22.3 Å². The van der Waals surface area contributed by atoms with Gasteiger partial charge in [-0.15, -0.1) is 0 Å². The lowest BCUT2D eigenvalue weighted by molar-refractivity contribution is -0.318. The van der Waals surface area contributed by atoms with Crippen LogP contribution in [0, 0.1) is 0 Å². The summed E-state index contributed by atoms with van der Waals surface area (Å²) in [5.41, 5.74) is -0.0930. The van der Waals surface area contributed by atoms with Crippen molar-refractivity contribution in [2.45, 2.75) is 105 Å². The fraction of sp³-hybridized carbons (Fsp3) is 0.553. The molecule has 0 saturated carbocycles. The highest BCUT2D eigenvalue weighted by atomic mass is 16.7. The number of esters is 1. The number of carbonyl (C=O) groups excluding carboxylic acids is 1. The third-order valence-corrected chi connectivity index (χ3v) is 10.3. The molecule has 0 amide bonds. The van der Waals surface area contributed by atoms with Crippen LogP contribution in [-0.4, -0.2) is 193 Å². The van der Waals surface area contributed by atoms with Crippen LogP contribution < -0.4 is 18.9 Å². The molecule has 0 radical (unpaired) electrons. The van der Waals surface area contributed by atoms with Gasteiger partial charge in [0, 0.05) is 24.3 Å². The summed E-state index contributed by atoms with van der Waals surface area (Å²) in [7, 11) is 2.50. The first-order valence-electron chi connectivity index (χ1n) is 18.8. The Hall–Kier alpha value is -4.93. The summed E-state index contributed by atoms with van der Waals surface area (Å²) in [5, 5.41) is 126. The molecule has 15 atom stereocenters. The van der Waals surface area contributed by atoms with E-state index in [0.717, 1.165) is 12.1 Å². The van der Waals surface area contributed by atoms with Crippen molar-refractivity contribution in [3.63, 3.8) is 0 Å². The maximum atomic E-state index is 11.9. The number of hydrogen-bond acceptors (Lipinski definition) is 22. The molecule has 6 rings (SSSR count). The second-order valence-corrected chi connectivity index (χ2v) is 14.6. The largest absolute Gasteiger partial charge is 0.507 e. The van der Waals surface area contributed by atoms with Gasteiger partial charge in [0.1, 0.15) is 97.1 Å². The average molecular weight is 888 g/mol. The van der Waals surface area contributed by atoms with Gasteiger partial charge in [0.25, 0.3) is 0 Å². The summed E-state index contributed by atoms with van der Waals surface area (Å²) in [6, 6.07) is 5.98. The van der Waals surface area contributed by atoms with Gasteiger partial charge in [0.15, 0.2) is 17.8 Å². The number of ether oxygens (including phenoxy) is 9. The summed E-state index contributed by atoms with van der Waals surface area (Å²) >= 11 is 0. The van der Waals surface area contributed by atoms with Gasteiger partial charge in [0.2, 0.25) is 24.1 Å². The Bertz CT molecular complexity index is 2040. The van der Waals surface area contributed by atoms with Gasteiger partial charge < -0.3 is 104 Å². The van der Waals surface area contributed by atoms with E-state index >= 15 is 0 Å². The number of carboxylic acid groups (broad SMARTS) is 1. The van der Waals surface area contributed by atoms with E-state index in [2.05, 4.69) is 0 Å². The Balaban J connectivity index is 1.36. The maximum Gasteiger partial charge on any atom is 0.402 e. The average Bonchev–Trinajstić information content (AvgIpc) is 3.23. The topological polar surface area (TPSA) is 371 Å². The summed E-state index contributed by atoms with van der Waals surface area (Å²) < 4.78 is 56.1. The van der Waals surface area contributed by atoms with E-state index < -0.39 is 135 Å². The fourth-order valence-corrected chi connectivity index (χ4v) is 6.83. The van der Waals surface area contributed by atoms with E-state index in [1.54, 1.807) is 0 Å². The first kappa shape index (κ1) is 46.6. The van der Waals surface area contributed by atoms with Crippen molar-refractivity contribution in [3.8, 4) is 45.8 Å². The number of phenolic OH excluding ortho intramolecular Hbond substituents is 2. The number of hydrogen-bond donors (Lipinski definition) is 12. The number of rotatable bonds is 14. The van der Waals surface area contributed by atoms with E-state index in [1.807, 2.05) is 0 Å². The quantitative estimate of drug-likeness (QED) is 0.0437. The van der Waals surface area contributed by atoms with Gasteiger partial charge in [-0.05, 0) is 6.92 Å². The maximum absolute atomic E-state index is 11.9. The van der Waals surface area contributed by atoms with E-state index in [4.69, 9.17) is 52.2 Å². The Labute approximate surface area is 349 Å². The first-order valence-corrected chi connectivity index (χ1v) is 18.8. The summed E-state index contributed by atoms with van der Waals surface area (Å²) in [6.07, 6.45) is -26.7. The number of carboxylic acids is 1. The monoisotopic (exact) mass is 887 g/mol. The molecule has 4 heterocycles.